The van der Waals surface area contributed by atoms with Crippen LogP contribution in [0.4, 0.5) is 18.0 Å². The third-order valence-electron chi connectivity index (χ3n) is 8.07. The van der Waals surface area contributed by atoms with E-state index >= 15 is 0 Å². The number of amides is 5. The number of likely N-dealkylation sites (tertiary alicyclic amines) is 1. The van der Waals surface area contributed by atoms with E-state index in [9.17, 15) is 37.1 Å². The van der Waals surface area contributed by atoms with Crippen LogP contribution in [-0.2, 0) is 23.9 Å². The first kappa shape index (κ1) is 32.5. The highest BCUT2D eigenvalue weighted by Gasteiger charge is 2.70. The SMILES string of the molecule is CC(C)(C)OC(=O)N(C[C@@H]1CCCNC1=O)NC(=O)[C@@H]1[C@@H]2[C@H](CN1C(=O)C(NC(=O)C(F)(F)F)C(C)(C)C)C2(C)C. The van der Waals surface area contributed by atoms with Crippen molar-refractivity contribution in [2.45, 2.75) is 92.1 Å². The fraction of sp³-hybridized carbons (Fsp3) is 0.815. The summed E-state index contributed by atoms with van der Waals surface area (Å²) in [5.74, 6) is -5.12. The Hall–Kier alpha value is -3.06. The van der Waals surface area contributed by atoms with Crippen LogP contribution in [0.2, 0.25) is 0 Å². The highest BCUT2D eigenvalue weighted by Crippen LogP contribution is 2.65. The Morgan fingerprint density at radius 1 is 1.12 bits per heavy atom. The van der Waals surface area contributed by atoms with Gasteiger partial charge in [0.1, 0.15) is 17.7 Å². The molecule has 5 atom stereocenters. The standard InChI is InChI=1S/C27H42F3N5O6/c1-24(2,3)18(32-22(39)27(28,29)30)21(38)34-13-15-16(26(15,7)8)17(34)20(37)33-35(23(40)41-25(4,5)6)12-14-10-9-11-31-19(14)36/h14-18H,9-13H2,1-8H3,(H,31,36)(H,32,39)(H,33,37)/t14-,15-,16-,17-,18?/m0/s1. The Kier molecular flexibility index (Phi) is 8.69. The molecule has 2 heterocycles. The smallest absolute Gasteiger partial charge is 0.442 e. The van der Waals surface area contributed by atoms with Gasteiger partial charge in [-0.2, -0.15) is 13.2 Å². The number of ether oxygens (including phenoxy) is 1. The zero-order valence-corrected chi connectivity index (χ0v) is 24.9. The summed E-state index contributed by atoms with van der Waals surface area (Å²) in [7, 11) is 0. The molecule has 3 N–H and O–H groups in total. The topological polar surface area (TPSA) is 137 Å². The zero-order valence-electron chi connectivity index (χ0n) is 24.9. The second kappa shape index (κ2) is 11.0. The number of halogens is 3. The van der Waals surface area contributed by atoms with Gasteiger partial charge in [-0.05, 0) is 56.3 Å². The molecule has 0 spiro atoms. The first-order valence-corrected chi connectivity index (χ1v) is 13.8. The van der Waals surface area contributed by atoms with Gasteiger partial charge in [-0.25, -0.2) is 9.80 Å². The van der Waals surface area contributed by atoms with Crippen LogP contribution in [0.25, 0.3) is 0 Å². The molecule has 1 saturated carbocycles. The van der Waals surface area contributed by atoms with Gasteiger partial charge >= 0.3 is 18.2 Å². The number of carbonyl (C=O) groups is 5. The van der Waals surface area contributed by atoms with Gasteiger partial charge in [0, 0.05) is 13.1 Å². The number of piperidine rings is 2. The number of rotatable bonds is 5. The van der Waals surface area contributed by atoms with Crippen molar-refractivity contribution in [2.24, 2.45) is 28.6 Å². The quantitative estimate of drug-likeness (QED) is 0.421. The Labute approximate surface area is 238 Å². The lowest BCUT2D eigenvalue weighted by molar-refractivity contribution is -0.176. The maximum absolute atomic E-state index is 13.8. The lowest BCUT2D eigenvalue weighted by atomic mass is 9.85. The summed E-state index contributed by atoms with van der Waals surface area (Å²) >= 11 is 0. The van der Waals surface area contributed by atoms with Crippen LogP contribution in [0.1, 0.15) is 68.2 Å². The summed E-state index contributed by atoms with van der Waals surface area (Å²) < 4.78 is 44.7. The molecular weight excluding hydrogens is 547 g/mol. The van der Waals surface area contributed by atoms with E-state index in [0.717, 1.165) is 5.01 Å². The predicted molar refractivity (Wildman–Crippen MR) is 141 cm³/mol. The number of nitrogens with zero attached hydrogens (tertiary/aromatic N) is 2. The maximum Gasteiger partial charge on any atom is 0.471 e. The molecule has 3 fully saturated rings. The van der Waals surface area contributed by atoms with Gasteiger partial charge in [-0.3, -0.25) is 24.6 Å². The molecule has 11 nitrogen and oxygen atoms in total. The fourth-order valence-corrected chi connectivity index (χ4v) is 5.75. The van der Waals surface area contributed by atoms with Gasteiger partial charge in [0.05, 0.1) is 12.5 Å². The van der Waals surface area contributed by atoms with E-state index in [1.807, 2.05) is 19.2 Å². The molecular formula is C27H42F3N5O6. The number of fused-ring (bicyclic) bond motifs is 1. The number of hydrazine groups is 1. The second-order valence-electron chi connectivity index (χ2n) is 13.9. The summed E-state index contributed by atoms with van der Waals surface area (Å²) in [4.78, 5) is 66.1. The van der Waals surface area contributed by atoms with Crippen molar-refractivity contribution in [3.05, 3.63) is 0 Å². The lowest BCUT2D eigenvalue weighted by Gasteiger charge is -2.38. The minimum Gasteiger partial charge on any atom is -0.442 e. The average Bonchev–Trinajstić information content (AvgIpc) is 3.13. The van der Waals surface area contributed by atoms with Crippen molar-refractivity contribution in [2.75, 3.05) is 19.6 Å². The second-order valence-corrected chi connectivity index (χ2v) is 13.9. The maximum atomic E-state index is 13.8. The largest absolute Gasteiger partial charge is 0.471 e. The molecule has 3 aliphatic rings. The summed E-state index contributed by atoms with van der Waals surface area (Å²) in [6, 6.07) is -2.69. The molecule has 1 aliphatic carbocycles. The molecule has 14 heteroatoms. The van der Waals surface area contributed by atoms with Crippen molar-refractivity contribution in [3.63, 3.8) is 0 Å². The van der Waals surface area contributed by atoms with E-state index in [1.54, 1.807) is 20.8 Å². The van der Waals surface area contributed by atoms with Crippen molar-refractivity contribution < 1.29 is 41.9 Å². The Bertz CT molecular complexity index is 1080. The van der Waals surface area contributed by atoms with E-state index in [2.05, 4.69) is 10.7 Å². The molecule has 2 aliphatic heterocycles. The van der Waals surface area contributed by atoms with Crippen molar-refractivity contribution in [3.8, 4) is 0 Å². The zero-order chi connectivity index (χ0) is 31.3. The number of alkyl halides is 3. The molecule has 2 saturated heterocycles. The molecule has 5 amide bonds. The van der Waals surface area contributed by atoms with Gasteiger partial charge < -0.3 is 20.3 Å². The number of hydrogen-bond acceptors (Lipinski definition) is 6. The van der Waals surface area contributed by atoms with Gasteiger partial charge in [0.25, 0.3) is 5.91 Å². The first-order valence-electron chi connectivity index (χ1n) is 13.8. The first-order chi connectivity index (χ1) is 18.6. The van der Waals surface area contributed by atoms with Crippen LogP contribution < -0.4 is 16.1 Å². The minimum atomic E-state index is -5.20. The van der Waals surface area contributed by atoms with Gasteiger partial charge in [0.15, 0.2) is 0 Å². The Balaban J connectivity index is 1.89. The summed E-state index contributed by atoms with van der Waals surface area (Å²) in [5.41, 5.74) is 0.183. The molecule has 232 valence electrons. The highest BCUT2D eigenvalue weighted by atomic mass is 19.4. The van der Waals surface area contributed by atoms with Crippen LogP contribution in [0, 0.1) is 28.6 Å². The van der Waals surface area contributed by atoms with Gasteiger partial charge in [-0.1, -0.05) is 34.6 Å². The van der Waals surface area contributed by atoms with Crippen molar-refractivity contribution in [1.82, 2.24) is 26.0 Å². The van der Waals surface area contributed by atoms with Crippen LogP contribution in [0.3, 0.4) is 0 Å². The normalized spacial score (nSPS) is 26.3. The Morgan fingerprint density at radius 2 is 1.73 bits per heavy atom. The van der Waals surface area contributed by atoms with Crippen molar-refractivity contribution in [1.29, 1.82) is 0 Å². The van der Waals surface area contributed by atoms with E-state index in [-0.39, 0.29) is 36.2 Å². The summed E-state index contributed by atoms with van der Waals surface area (Å²) in [6.07, 6.45) is -4.92. The molecule has 1 unspecified atom stereocenters. The fourth-order valence-electron chi connectivity index (χ4n) is 5.75. The third kappa shape index (κ3) is 7.24. The predicted octanol–water partition coefficient (Wildman–Crippen LogP) is 2.36. The van der Waals surface area contributed by atoms with Crippen LogP contribution >= 0.6 is 0 Å². The number of carbonyl (C=O) groups excluding carboxylic acids is 5. The molecule has 0 aromatic rings. The molecule has 3 rings (SSSR count). The highest BCUT2D eigenvalue weighted by molar-refractivity contribution is 5.95. The summed E-state index contributed by atoms with van der Waals surface area (Å²) in [6.45, 7) is 13.8. The molecule has 41 heavy (non-hydrogen) atoms. The van der Waals surface area contributed by atoms with Crippen LogP contribution in [0.15, 0.2) is 0 Å². The lowest BCUT2D eigenvalue weighted by Crippen LogP contribution is -2.62. The molecule has 0 radical (unpaired) electrons. The van der Waals surface area contributed by atoms with E-state index in [0.29, 0.717) is 19.4 Å². The van der Waals surface area contributed by atoms with Crippen molar-refractivity contribution >= 4 is 29.7 Å². The molecule has 0 aromatic heterocycles. The van der Waals surface area contributed by atoms with Crippen LogP contribution in [-0.4, -0.2) is 83.1 Å². The summed E-state index contributed by atoms with van der Waals surface area (Å²) in [5, 5.41) is 5.48. The Morgan fingerprint density at radius 3 is 2.24 bits per heavy atom. The molecule has 0 aromatic carbocycles. The van der Waals surface area contributed by atoms with E-state index < -0.39 is 59.0 Å². The minimum absolute atomic E-state index is 0.0977. The van der Waals surface area contributed by atoms with Gasteiger partial charge in [0.2, 0.25) is 11.8 Å². The van der Waals surface area contributed by atoms with Gasteiger partial charge in [-0.15, -0.1) is 0 Å². The number of nitrogens with one attached hydrogen (secondary N) is 3. The number of hydrogen-bond donors (Lipinski definition) is 3. The van der Waals surface area contributed by atoms with E-state index in [4.69, 9.17) is 4.74 Å². The monoisotopic (exact) mass is 589 g/mol. The third-order valence-corrected chi connectivity index (χ3v) is 8.07. The average molecular weight is 590 g/mol. The molecule has 0 bridgehead atoms. The van der Waals surface area contributed by atoms with Crippen LogP contribution in [0.5, 0.6) is 0 Å². The van der Waals surface area contributed by atoms with E-state index in [1.165, 1.54) is 25.7 Å².